The van der Waals surface area contributed by atoms with Gasteiger partial charge in [0.2, 0.25) is 0 Å². The van der Waals surface area contributed by atoms with Gasteiger partial charge in [0.15, 0.2) is 0 Å². The fraction of sp³-hybridized carbons (Fsp3) is 0.917. The van der Waals surface area contributed by atoms with E-state index in [9.17, 15) is 0 Å². The molecule has 3 fully saturated rings. The summed E-state index contributed by atoms with van der Waals surface area (Å²) >= 11 is 0. The lowest BCUT2D eigenvalue weighted by atomic mass is 9.63. The smallest absolute Gasteiger partial charge is 0.0312 e. The average molecular weight is 329 g/mol. The predicted molar refractivity (Wildman–Crippen MR) is 105 cm³/mol. The van der Waals surface area contributed by atoms with Gasteiger partial charge in [-0.15, -0.1) is 6.42 Å². The lowest BCUT2D eigenvalue weighted by Gasteiger charge is -2.42. The van der Waals surface area contributed by atoms with Gasteiger partial charge in [-0.05, 0) is 81.0 Å². The van der Waals surface area contributed by atoms with Crippen LogP contribution in [0, 0.1) is 47.3 Å². The molecular formula is C24H40. The Hall–Kier alpha value is -0.440. The normalized spacial score (nSPS) is 44.0. The molecule has 3 rings (SSSR count). The quantitative estimate of drug-likeness (QED) is 0.477. The van der Waals surface area contributed by atoms with Crippen molar-refractivity contribution in [1.82, 2.24) is 0 Å². The van der Waals surface area contributed by atoms with Gasteiger partial charge in [0, 0.05) is 5.41 Å². The summed E-state index contributed by atoms with van der Waals surface area (Å²) in [6.07, 6.45) is 26.1. The van der Waals surface area contributed by atoms with Crippen molar-refractivity contribution >= 4 is 0 Å². The maximum Gasteiger partial charge on any atom is 0.0312 e. The summed E-state index contributed by atoms with van der Waals surface area (Å²) in [4.78, 5) is 0. The van der Waals surface area contributed by atoms with E-state index in [0.29, 0.717) is 0 Å². The Bertz CT molecular complexity index is 404. The van der Waals surface area contributed by atoms with Crippen LogP contribution in [0.1, 0.15) is 104 Å². The zero-order valence-corrected chi connectivity index (χ0v) is 16.4. The summed E-state index contributed by atoms with van der Waals surface area (Å²) in [5.41, 5.74) is 0.265. The average Bonchev–Trinajstić information content (AvgIpc) is 2.62. The van der Waals surface area contributed by atoms with Crippen LogP contribution in [-0.2, 0) is 0 Å². The monoisotopic (exact) mass is 328 g/mol. The number of hydrogen-bond acceptors (Lipinski definition) is 0. The van der Waals surface area contributed by atoms with E-state index in [2.05, 4.69) is 19.8 Å². The molecule has 0 aromatic rings. The molecule has 0 saturated heterocycles. The van der Waals surface area contributed by atoms with Crippen molar-refractivity contribution in [1.29, 1.82) is 0 Å². The standard InChI is InChI=1S/C24H40/c1-4-24(16-13-21-9-5-19(2)6-10-21)17-14-23(15-18-24)22-11-7-20(3)8-12-22/h1,19-23H,5-18H2,2-3H3. The molecule has 24 heavy (non-hydrogen) atoms. The van der Waals surface area contributed by atoms with E-state index in [1.165, 1.54) is 89.9 Å². The predicted octanol–water partition coefficient (Wildman–Crippen LogP) is 7.23. The fourth-order valence-corrected chi connectivity index (χ4v) is 5.99. The molecule has 0 unspecified atom stereocenters. The van der Waals surface area contributed by atoms with Crippen LogP contribution < -0.4 is 0 Å². The molecule has 0 nitrogen and oxygen atoms in total. The molecule has 0 amide bonds. The minimum Gasteiger partial charge on any atom is -0.120 e. The number of hydrogen-bond donors (Lipinski definition) is 0. The van der Waals surface area contributed by atoms with Gasteiger partial charge in [-0.3, -0.25) is 0 Å². The van der Waals surface area contributed by atoms with Crippen LogP contribution in [0.2, 0.25) is 0 Å². The second kappa shape index (κ2) is 8.29. The molecule has 136 valence electrons. The van der Waals surface area contributed by atoms with Crippen LogP contribution in [0.5, 0.6) is 0 Å². The molecule has 0 aliphatic heterocycles. The largest absolute Gasteiger partial charge is 0.120 e. The van der Waals surface area contributed by atoms with Crippen LogP contribution in [0.3, 0.4) is 0 Å². The highest BCUT2D eigenvalue weighted by atomic mass is 14.4. The minimum absolute atomic E-state index is 0.265. The summed E-state index contributed by atoms with van der Waals surface area (Å²) in [5, 5.41) is 0. The van der Waals surface area contributed by atoms with Gasteiger partial charge in [-0.1, -0.05) is 58.3 Å². The molecule has 0 bridgehead atoms. The highest BCUT2D eigenvalue weighted by Gasteiger charge is 2.37. The maximum atomic E-state index is 6.07. The first-order chi connectivity index (χ1) is 11.6. The number of terminal acetylenes is 1. The summed E-state index contributed by atoms with van der Waals surface area (Å²) < 4.78 is 0. The van der Waals surface area contributed by atoms with Crippen LogP contribution >= 0.6 is 0 Å². The van der Waals surface area contributed by atoms with Gasteiger partial charge in [0.05, 0.1) is 0 Å². The molecule has 0 heterocycles. The molecule has 0 spiro atoms. The summed E-state index contributed by atoms with van der Waals surface area (Å²) in [6.45, 7) is 4.86. The third kappa shape index (κ3) is 4.59. The molecule has 0 heteroatoms. The van der Waals surface area contributed by atoms with Crippen molar-refractivity contribution in [3.63, 3.8) is 0 Å². The van der Waals surface area contributed by atoms with Crippen molar-refractivity contribution in [2.24, 2.45) is 35.0 Å². The topological polar surface area (TPSA) is 0 Å². The van der Waals surface area contributed by atoms with E-state index < -0.39 is 0 Å². The Labute approximate surface area is 151 Å². The Morgan fingerprint density at radius 2 is 1.25 bits per heavy atom. The van der Waals surface area contributed by atoms with Crippen LogP contribution in [0.4, 0.5) is 0 Å². The molecule has 0 aromatic heterocycles. The third-order valence-corrected chi connectivity index (χ3v) is 8.19. The molecule has 0 atom stereocenters. The first kappa shape index (κ1) is 18.4. The lowest BCUT2D eigenvalue weighted by molar-refractivity contribution is 0.114. The van der Waals surface area contributed by atoms with Crippen molar-refractivity contribution in [3.8, 4) is 12.3 Å². The third-order valence-electron chi connectivity index (χ3n) is 8.19. The van der Waals surface area contributed by atoms with Gasteiger partial charge < -0.3 is 0 Å². The molecular weight excluding hydrogens is 288 g/mol. The van der Waals surface area contributed by atoms with Gasteiger partial charge in [0.25, 0.3) is 0 Å². The minimum atomic E-state index is 0.265. The highest BCUT2D eigenvalue weighted by molar-refractivity contribution is 5.08. The first-order valence-electron chi connectivity index (χ1n) is 11.1. The maximum absolute atomic E-state index is 6.07. The Balaban J connectivity index is 1.44. The van der Waals surface area contributed by atoms with Crippen LogP contribution in [-0.4, -0.2) is 0 Å². The van der Waals surface area contributed by atoms with Crippen molar-refractivity contribution in [2.75, 3.05) is 0 Å². The van der Waals surface area contributed by atoms with Gasteiger partial charge >= 0.3 is 0 Å². The van der Waals surface area contributed by atoms with E-state index >= 15 is 0 Å². The van der Waals surface area contributed by atoms with Crippen LogP contribution in [0.25, 0.3) is 0 Å². The molecule has 3 aliphatic carbocycles. The molecule has 3 saturated carbocycles. The molecule has 0 aromatic carbocycles. The Morgan fingerprint density at radius 1 is 0.750 bits per heavy atom. The van der Waals surface area contributed by atoms with Crippen molar-refractivity contribution < 1.29 is 0 Å². The van der Waals surface area contributed by atoms with Gasteiger partial charge in [-0.25, -0.2) is 0 Å². The van der Waals surface area contributed by atoms with Crippen LogP contribution in [0.15, 0.2) is 0 Å². The summed E-state index contributed by atoms with van der Waals surface area (Å²) in [7, 11) is 0. The van der Waals surface area contributed by atoms with Crippen molar-refractivity contribution in [3.05, 3.63) is 0 Å². The summed E-state index contributed by atoms with van der Waals surface area (Å²) in [5.74, 6) is 8.24. The second-order valence-corrected chi connectivity index (χ2v) is 9.95. The Kier molecular flexibility index (Phi) is 6.34. The Morgan fingerprint density at radius 3 is 1.79 bits per heavy atom. The van der Waals surface area contributed by atoms with Crippen molar-refractivity contribution in [2.45, 2.75) is 104 Å². The van der Waals surface area contributed by atoms with E-state index in [1.807, 2.05) is 0 Å². The van der Waals surface area contributed by atoms with Gasteiger partial charge in [-0.2, -0.15) is 0 Å². The van der Waals surface area contributed by atoms with E-state index in [0.717, 1.165) is 29.6 Å². The highest BCUT2D eigenvalue weighted by Crippen LogP contribution is 2.48. The zero-order chi connectivity index (χ0) is 17.0. The van der Waals surface area contributed by atoms with E-state index in [-0.39, 0.29) is 5.41 Å². The number of rotatable bonds is 4. The van der Waals surface area contributed by atoms with E-state index in [1.54, 1.807) is 0 Å². The van der Waals surface area contributed by atoms with E-state index in [4.69, 9.17) is 6.42 Å². The molecule has 0 N–H and O–H groups in total. The summed E-state index contributed by atoms with van der Waals surface area (Å²) in [6, 6.07) is 0. The lowest BCUT2D eigenvalue weighted by Crippen LogP contribution is -2.31. The first-order valence-corrected chi connectivity index (χ1v) is 11.1. The zero-order valence-electron chi connectivity index (χ0n) is 16.4. The molecule has 0 radical (unpaired) electrons. The fourth-order valence-electron chi connectivity index (χ4n) is 5.99. The second-order valence-electron chi connectivity index (χ2n) is 9.95. The SMILES string of the molecule is C#CC1(CCC2CCC(C)CC2)CCC(C2CCC(C)CC2)CC1. The van der Waals surface area contributed by atoms with Gasteiger partial charge in [0.1, 0.15) is 0 Å². The molecule has 3 aliphatic rings.